The lowest BCUT2D eigenvalue weighted by Gasteiger charge is -2.27. The van der Waals surface area contributed by atoms with Gasteiger partial charge in [0.05, 0.1) is 25.9 Å². The molecule has 0 spiro atoms. The van der Waals surface area contributed by atoms with Gasteiger partial charge in [0, 0.05) is 36.1 Å². The Morgan fingerprint density at radius 2 is 1.87 bits per heavy atom. The maximum Gasteiger partial charge on any atom is 0.254 e. The minimum absolute atomic E-state index is 0.118. The Labute approximate surface area is 181 Å². The van der Waals surface area contributed by atoms with Gasteiger partial charge in [0.2, 0.25) is 11.8 Å². The summed E-state index contributed by atoms with van der Waals surface area (Å²) in [6.45, 7) is 2.37. The summed E-state index contributed by atoms with van der Waals surface area (Å²) in [5.74, 6) is 0.450. The molecule has 31 heavy (non-hydrogen) atoms. The fraction of sp³-hybridized carbons (Fsp3) is 0.375. The molecule has 2 aliphatic rings. The third-order valence-corrected chi connectivity index (χ3v) is 6.04. The van der Waals surface area contributed by atoms with Crippen molar-refractivity contribution < 1.29 is 23.9 Å². The standard InChI is InChI=1S/C24H26N2O5/c1-15-12-22(27)26(23(15)28)17-7-4-6-16(13-17)24(29)25-11-5-8-20(25)19-10-9-18(30-2)14-21(19)31-3/h4,6-7,9-10,13-15,20H,5,8,11-12H2,1-3H3/t15-,20+/m1/s1. The van der Waals surface area contributed by atoms with Crippen LogP contribution in [0.2, 0.25) is 0 Å². The van der Waals surface area contributed by atoms with Gasteiger partial charge < -0.3 is 14.4 Å². The molecule has 2 atom stereocenters. The number of rotatable bonds is 5. The lowest BCUT2D eigenvalue weighted by molar-refractivity contribution is -0.122. The summed E-state index contributed by atoms with van der Waals surface area (Å²) < 4.78 is 10.8. The fourth-order valence-electron chi connectivity index (χ4n) is 4.43. The first-order valence-electron chi connectivity index (χ1n) is 10.4. The number of nitrogens with zero attached hydrogens (tertiary/aromatic N) is 2. The Morgan fingerprint density at radius 3 is 2.55 bits per heavy atom. The Balaban J connectivity index is 1.63. The number of hydrogen-bond donors (Lipinski definition) is 0. The van der Waals surface area contributed by atoms with Gasteiger partial charge in [0.15, 0.2) is 0 Å². The van der Waals surface area contributed by atoms with Crippen molar-refractivity contribution in [2.45, 2.75) is 32.2 Å². The van der Waals surface area contributed by atoms with Crippen LogP contribution in [0, 0.1) is 5.92 Å². The average Bonchev–Trinajstić information content (AvgIpc) is 3.37. The lowest BCUT2D eigenvalue weighted by atomic mass is 10.0. The van der Waals surface area contributed by atoms with Crippen LogP contribution in [0.3, 0.4) is 0 Å². The van der Waals surface area contributed by atoms with Crippen molar-refractivity contribution >= 4 is 23.4 Å². The van der Waals surface area contributed by atoms with Gasteiger partial charge in [-0.15, -0.1) is 0 Å². The molecule has 2 fully saturated rings. The van der Waals surface area contributed by atoms with E-state index in [0.29, 0.717) is 29.3 Å². The van der Waals surface area contributed by atoms with Gasteiger partial charge >= 0.3 is 0 Å². The maximum absolute atomic E-state index is 13.4. The molecule has 2 aromatic rings. The van der Waals surface area contributed by atoms with Crippen molar-refractivity contribution in [2.75, 3.05) is 25.7 Å². The molecule has 7 nitrogen and oxygen atoms in total. The molecule has 7 heteroatoms. The molecule has 0 unspecified atom stereocenters. The van der Waals surface area contributed by atoms with E-state index >= 15 is 0 Å². The van der Waals surface area contributed by atoms with Crippen LogP contribution in [-0.4, -0.2) is 43.4 Å². The molecule has 162 valence electrons. The molecule has 2 heterocycles. The van der Waals surface area contributed by atoms with Crippen LogP contribution in [0.25, 0.3) is 0 Å². The first-order chi connectivity index (χ1) is 14.9. The number of carbonyl (C=O) groups is 3. The third kappa shape index (κ3) is 3.76. The van der Waals surface area contributed by atoms with Gasteiger partial charge in [-0.25, -0.2) is 0 Å². The van der Waals surface area contributed by atoms with Crippen LogP contribution < -0.4 is 14.4 Å². The fourth-order valence-corrected chi connectivity index (χ4v) is 4.43. The average molecular weight is 422 g/mol. The molecule has 3 amide bonds. The number of benzene rings is 2. The second-order valence-electron chi connectivity index (χ2n) is 7.99. The van der Waals surface area contributed by atoms with E-state index in [-0.39, 0.29) is 36.1 Å². The smallest absolute Gasteiger partial charge is 0.254 e. The van der Waals surface area contributed by atoms with Crippen molar-refractivity contribution in [3.63, 3.8) is 0 Å². The Morgan fingerprint density at radius 1 is 1.06 bits per heavy atom. The zero-order chi connectivity index (χ0) is 22.1. The molecule has 0 aliphatic carbocycles. The normalized spacial score (nSPS) is 21.0. The molecule has 2 saturated heterocycles. The zero-order valence-electron chi connectivity index (χ0n) is 18.0. The van der Waals surface area contributed by atoms with E-state index in [1.807, 2.05) is 23.1 Å². The summed E-state index contributed by atoms with van der Waals surface area (Å²) >= 11 is 0. The predicted octanol–water partition coefficient (Wildman–Crippen LogP) is 3.58. The molecular weight excluding hydrogens is 396 g/mol. The number of ether oxygens (including phenoxy) is 2. The molecule has 0 aromatic heterocycles. The highest BCUT2D eigenvalue weighted by Crippen LogP contribution is 2.39. The van der Waals surface area contributed by atoms with Crippen LogP contribution in [0.1, 0.15) is 48.1 Å². The highest BCUT2D eigenvalue weighted by atomic mass is 16.5. The molecule has 0 N–H and O–H groups in total. The quantitative estimate of drug-likeness (QED) is 0.689. The second kappa shape index (κ2) is 8.41. The molecule has 4 rings (SSSR count). The second-order valence-corrected chi connectivity index (χ2v) is 7.99. The molecule has 0 bridgehead atoms. The van der Waals surface area contributed by atoms with Gasteiger partial charge in [-0.1, -0.05) is 13.0 Å². The number of methoxy groups -OCH3 is 2. The number of carbonyl (C=O) groups excluding carboxylic acids is 3. The molecule has 2 aliphatic heterocycles. The SMILES string of the molecule is COc1ccc([C@@H]2CCCN2C(=O)c2cccc(N3C(=O)C[C@@H](C)C3=O)c2)c(OC)c1. The monoisotopic (exact) mass is 422 g/mol. The first kappa shape index (κ1) is 20.9. The molecule has 0 radical (unpaired) electrons. The summed E-state index contributed by atoms with van der Waals surface area (Å²) in [4.78, 5) is 41.1. The van der Waals surface area contributed by atoms with Crippen LogP contribution in [0.4, 0.5) is 5.69 Å². The van der Waals surface area contributed by atoms with E-state index < -0.39 is 0 Å². The molecule has 0 saturated carbocycles. The van der Waals surface area contributed by atoms with Crippen molar-refractivity contribution in [3.8, 4) is 11.5 Å². The maximum atomic E-state index is 13.4. The van der Waals surface area contributed by atoms with Crippen molar-refractivity contribution in [1.82, 2.24) is 4.90 Å². The van der Waals surface area contributed by atoms with E-state index in [2.05, 4.69) is 0 Å². The van der Waals surface area contributed by atoms with Gasteiger partial charge in [-0.2, -0.15) is 0 Å². The summed E-state index contributed by atoms with van der Waals surface area (Å²) in [5.41, 5.74) is 1.84. The first-order valence-corrected chi connectivity index (χ1v) is 10.4. The van der Waals surface area contributed by atoms with E-state index in [1.165, 1.54) is 4.90 Å². The molecule has 2 aromatic carbocycles. The Bertz CT molecular complexity index is 1030. The number of hydrogen-bond acceptors (Lipinski definition) is 5. The van der Waals surface area contributed by atoms with Crippen molar-refractivity contribution in [3.05, 3.63) is 53.6 Å². The van der Waals surface area contributed by atoms with Crippen LogP contribution >= 0.6 is 0 Å². The minimum atomic E-state index is -0.336. The lowest BCUT2D eigenvalue weighted by Crippen LogP contribution is -2.32. The van der Waals surface area contributed by atoms with E-state index in [4.69, 9.17) is 9.47 Å². The third-order valence-electron chi connectivity index (χ3n) is 6.04. The number of anilines is 1. The number of likely N-dealkylation sites (tertiary alicyclic amines) is 1. The molecular formula is C24H26N2O5. The highest BCUT2D eigenvalue weighted by Gasteiger charge is 2.37. The minimum Gasteiger partial charge on any atom is -0.497 e. The predicted molar refractivity (Wildman–Crippen MR) is 115 cm³/mol. The van der Waals surface area contributed by atoms with Crippen LogP contribution in [0.5, 0.6) is 11.5 Å². The van der Waals surface area contributed by atoms with E-state index in [0.717, 1.165) is 18.4 Å². The van der Waals surface area contributed by atoms with E-state index in [1.54, 1.807) is 45.4 Å². The van der Waals surface area contributed by atoms with E-state index in [9.17, 15) is 14.4 Å². The van der Waals surface area contributed by atoms with Crippen LogP contribution in [0.15, 0.2) is 42.5 Å². The number of amides is 3. The Hall–Kier alpha value is -3.35. The number of imide groups is 1. The zero-order valence-corrected chi connectivity index (χ0v) is 18.0. The summed E-state index contributed by atoms with van der Waals surface area (Å²) in [6.07, 6.45) is 1.91. The van der Waals surface area contributed by atoms with Crippen molar-refractivity contribution in [2.24, 2.45) is 5.92 Å². The van der Waals surface area contributed by atoms with Gasteiger partial charge in [-0.3, -0.25) is 19.3 Å². The summed E-state index contributed by atoms with van der Waals surface area (Å²) in [5, 5.41) is 0. The van der Waals surface area contributed by atoms with Gasteiger partial charge in [0.25, 0.3) is 5.91 Å². The largest absolute Gasteiger partial charge is 0.497 e. The van der Waals surface area contributed by atoms with Gasteiger partial charge in [0.1, 0.15) is 11.5 Å². The summed E-state index contributed by atoms with van der Waals surface area (Å²) in [7, 11) is 3.21. The topological polar surface area (TPSA) is 76.2 Å². The van der Waals surface area contributed by atoms with Crippen LogP contribution in [-0.2, 0) is 9.59 Å². The summed E-state index contributed by atoms with van der Waals surface area (Å²) in [6, 6.07) is 12.3. The highest BCUT2D eigenvalue weighted by molar-refractivity contribution is 6.21. The van der Waals surface area contributed by atoms with Crippen molar-refractivity contribution in [1.29, 1.82) is 0 Å². The Kier molecular flexibility index (Phi) is 5.67. The van der Waals surface area contributed by atoms with Gasteiger partial charge in [-0.05, 0) is 43.2 Å².